The summed E-state index contributed by atoms with van der Waals surface area (Å²) < 4.78 is 0. The first-order valence-corrected chi connectivity index (χ1v) is 5.43. The number of rotatable bonds is 2. The fourth-order valence-electron chi connectivity index (χ4n) is 1.64. The Morgan fingerprint density at radius 2 is 1.94 bits per heavy atom. The fraction of sp³-hybridized carbons (Fsp3) is 0.154. The van der Waals surface area contributed by atoms with Crippen LogP contribution in [-0.2, 0) is 4.79 Å². The zero-order chi connectivity index (χ0) is 11.6. The second kappa shape index (κ2) is 5.50. The number of carbonyl (C=O) groups is 1. The molecule has 0 bridgehead atoms. The van der Waals surface area contributed by atoms with Crippen molar-refractivity contribution in [1.82, 2.24) is 0 Å². The van der Waals surface area contributed by atoms with Crippen molar-refractivity contribution in [3.05, 3.63) is 54.1 Å². The molecule has 0 saturated heterocycles. The molecule has 0 aromatic heterocycles. The van der Waals surface area contributed by atoms with Crippen molar-refractivity contribution in [2.45, 2.75) is 12.0 Å². The highest BCUT2D eigenvalue weighted by Crippen LogP contribution is 2.26. The molecule has 1 atom stereocenters. The zero-order valence-corrected chi connectivity index (χ0v) is 10.7. The zero-order valence-electron chi connectivity index (χ0n) is 9.10. The molecule has 0 radical (unpaired) electrons. The van der Waals surface area contributed by atoms with Crippen LogP contribution in [0.3, 0.4) is 0 Å². The van der Waals surface area contributed by atoms with Crippen molar-refractivity contribution in [3.63, 3.8) is 0 Å². The molecule has 1 aromatic carbocycles. The molecule has 4 heteroatoms. The topological polar surface area (TPSA) is 43.1 Å². The summed E-state index contributed by atoms with van der Waals surface area (Å²) in [5.41, 5.74) is 6.97. The van der Waals surface area contributed by atoms with E-state index in [1.165, 1.54) is 0 Å². The van der Waals surface area contributed by atoms with Gasteiger partial charge in [-0.2, -0.15) is 0 Å². The van der Waals surface area contributed by atoms with Crippen LogP contribution in [0.2, 0.25) is 0 Å². The second-order valence-corrected chi connectivity index (χ2v) is 4.22. The van der Waals surface area contributed by atoms with Crippen LogP contribution in [0.1, 0.15) is 12.0 Å². The first-order valence-electron chi connectivity index (χ1n) is 5.05. The number of halogens is 2. The molecule has 0 amide bonds. The van der Waals surface area contributed by atoms with E-state index in [0.717, 1.165) is 11.1 Å². The van der Waals surface area contributed by atoms with E-state index in [-0.39, 0.29) is 12.4 Å². The first-order chi connectivity index (χ1) is 7.62. The normalized spacial score (nSPS) is 22.6. The van der Waals surface area contributed by atoms with Crippen molar-refractivity contribution in [3.8, 4) is 0 Å². The Bertz CT molecular complexity index is 468. The van der Waals surface area contributed by atoms with Gasteiger partial charge in [0.1, 0.15) is 5.54 Å². The van der Waals surface area contributed by atoms with Crippen LogP contribution in [0, 0.1) is 0 Å². The highest BCUT2D eigenvalue weighted by Gasteiger charge is 2.30. The summed E-state index contributed by atoms with van der Waals surface area (Å²) in [4.78, 5) is 11.1. The van der Waals surface area contributed by atoms with Crippen LogP contribution in [-0.4, -0.2) is 10.8 Å². The van der Waals surface area contributed by atoms with Gasteiger partial charge in [-0.3, -0.25) is 4.79 Å². The van der Waals surface area contributed by atoms with Crippen molar-refractivity contribution in [2.24, 2.45) is 5.73 Å². The molecule has 0 heterocycles. The first kappa shape index (κ1) is 14.0. The van der Waals surface area contributed by atoms with Crippen LogP contribution in [0.15, 0.2) is 48.6 Å². The Labute approximate surface area is 112 Å². The van der Waals surface area contributed by atoms with Crippen LogP contribution in [0.4, 0.5) is 0 Å². The molecule has 2 N–H and O–H groups in total. The van der Waals surface area contributed by atoms with Gasteiger partial charge in [0, 0.05) is 0 Å². The predicted molar refractivity (Wildman–Crippen MR) is 73.2 cm³/mol. The van der Waals surface area contributed by atoms with Crippen LogP contribution >= 0.6 is 24.0 Å². The molecule has 1 aliphatic rings. The molecule has 2 rings (SSSR count). The van der Waals surface area contributed by atoms with Gasteiger partial charge >= 0.3 is 0 Å². The third-order valence-corrected chi connectivity index (χ3v) is 3.04. The van der Waals surface area contributed by atoms with Crippen LogP contribution in [0.5, 0.6) is 0 Å². The Morgan fingerprint density at radius 3 is 2.41 bits per heavy atom. The minimum absolute atomic E-state index is 0. The second-order valence-electron chi connectivity index (χ2n) is 3.88. The quantitative estimate of drug-likeness (QED) is 0.840. The number of benzene rings is 1. The van der Waals surface area contributed by atoms with Crippen molar-refractivity contribution < 1.29 is 4.79 Å². The molecule has 90 valence electrons. The smallest absolute Gasteiger partial charge is 0.245 e. The summed E-state index contributed by atoms with van der Waals surface area (Å²) in [5, 5.41) is -0.521. The summed E-state index contributed by atoms with van der Waals surface area (Å²) in [6, 6.07) is 9.94. The lowest BCUT2D eigenvalue weighted by molar-refractivity contribution is -0.114. The summed E-state index contributed by atoms with van der Waals surface area (Å²) in [5.74, 6) is 0. The molecule has 1 aliphatic carbocycles. The minimum atomic E-state index is -1.04. The van der Waals surface area contributed by atoms with Gasteiger partial charge in [0.15, 0.2) is 0 Å². The Balaban J connectivity index is 0.00000144. The maximum Gasteiger partial charge on any atom is 0.245 e. The monoisotopic (exact) mass is 269 g/mol. The minimum Gasteiger partial charge on any atom is -0.314 e. The molecule has 1 unspecified atom stereocenters. The van der Waals surface area contributed by atoms with Crippen LogP contribution < -0.4 is 5.73 Å². The van der Waals surface area contributed by atoms with E-state index >= 15 is 0 Å². The van der Waals surface area contributed by atoms with Crippen molar-refractivity contribution in [2.75, 3.05) is 0 Å². The standard InChI is InChI=1S/C13H12ClNO.ClH/c14-12(16)13(15)8-6-11(7-9-13)10-4-2-1-3-5-10;/h1-8H,9,15H2;1H. The lowest BCUT2D eigenvalue weighted by Gasteiger charge is -2.23. The highest BCUT2D eigenvalue weighted by molar-refractivity contribution is 6.66. The lowest BCUT2D eigenvalue weighted by atomic mass is 9.88. The van der Waals surface area contributed by atoms with Gasteiger partial charge in [0.05, 0.1) is 0 Å². The van der Waals surface area contributed by atoms with Gasteiger partial charge in [-0.1, -0.05) is 48.6 Å². The summed E-state index contributed by atoms with van der Waals surface area (Å²) >= 11 is 5.45. The fourth-order valence-corrected chi connectivity index (χ4v) is 1.78. The van der Waals surface area contributed by atoms with E-state index in [0.29, 0.717) is 6.42 Å². The number of nitrogens with two attached hydrogens (primary N) is 1. The predicted octanol–water partition coefficient (Wildman–Crippen LogP) is 2.91. The largest absolute Gasteiger partial charge is 0.314 e. The van der Waals surface area contributed by atoms with Crippen molar-refractivity contribution in [1.29, 1.82) is 0 Å². The average molecular weight is 270 g/mol. The highest BCUT2D eigenvalue weighted by atomic mass is 35.5. The number of hydrogen-bond acceptors (Lipinski definition) is 2. The third-order valence-electron chi connectivity index (χ3n) is 2.69. The van der Waals surface area contributed by atoms with E-state index in [1.54, 1.807) is 6.08 Å². The van der Waals surface area contributed by atoms with Gasteiger partial charge in [-0.15, -0.1) is 12.4 Å². The molecule has 2 nitrogen and oxygen atoms in total. The summed E-state index contributed by atoms with van der Waals surface area (Å²) in [6.45, 7) is 0. The molecule has 0 saturated carbocycles. The summed E-state index contributed by atoms with van der Waals surface area (Å²) in [7, 11) is 0. The SMILES string of the molecule is Cl.NC1(C(=O)Cl)C=CC(c2ccccc2)=CC1. The molecule has 0 spiro atoms. The third kappa shape index (κ3) is 2.97. The number of carbonyl (C=O) groups excluding carboxylic acids is 1. The van der Waals surface area contributed by atoms with Gasteiger partial charge in [-0.05, 0) is 29.2 Å². The van der Waals surface area contributed by atoms with Gasteiger partial charge < -0.3 is 5.73 Å². The van der Waals surface area contributed by atoms with E-state index in [4.69, 9.17) is 17.3 Å². The molecule has 0 aliphatic heterocycles. The maximum absolute atomic E-state index is 11.1. The number of hydrogen-bond donors (Lipinski definition) is 1. The van der Waals surface area contributed by atoms with E-state index in [9.17, 15) is 4.79 Å². The van der Waals surface area contributed by atoms with Gasteiger partial charge in [-0.25, -0.2) is 0 Å². The van der Waals surface area contributed by atoms with E-state index < -0.39 is 10.8 Å². The molecular weight excluding hydrogens is 257 g/mol. The lowest BCUT2D eigenvalue weighted by Crippen LogP contribution is -2.44. The molecule has 1 aromatic rings. The Morgan fingerprint density at radius 1 is 1.29 bits per heavy atom. The van der Waals surface area contributed by atoms with E-state index in [1.807, 2.05) is 42.5 Å². The molecule has 17 heavy (non-hydrogen) atoms. The van der Waals surface area contributed by atoms with Gasteiger partial charge in [0.2, 0.25) is 5.24 Å². The average Bonchev–Trinajstić information content (AvgIpc) is 2.31. The summed E-state index contributed by atoms with van der Waals surface area (Å²) in [6.07, 6.45) is 5.90. The number of allylic oxidation sites excluding steroid dienone is 2. The maximum atomic E-state index is 11.1. The Hall–Kier alpha value is -1.09. The Kier molecular flexibility index (Phi) is 4.52. The van der Waals surface area contributed by atoms with Crippen molar-refractivity contribution >= 4 is 34.8 Å². The van der Waals surface area contributed by atoms with Gasteiger partial charge in [0.25, 0.3) is 0 Å². The van der Waals surface area contributed by atoms with E-state index in [2.05, 4.69) is 0 Å². The molecule has 0 fully saturated rings. The van der Waals surface area contributed by atoms with Crippen LogP contribution in [0.25, 0.3) is 5.57 Å². The molecular formula is C13H13Cl2NO.